The number of rotatable bonds is 4. The lowest BCUT2D eigenvalue weighted by molar-refractivity contribution is -0.127. The van der Waals surface area contributed by atoms with E-state index >= 15 is 0 Å². The Labute approximate surface area is 119 Å². The van der Waals surface area contributed by atoms with Gasteiger partial charge in [-0.05, 0) is 56.4 Å². The first-order valence-corrected chi connectivity index (χ1v) is 7.05. The van der Waals surface area contributed by atoms with E-state index in [4.69, 9.17) is 10.00 Å². The van der Waals surface area contributed by atoms with Crippen molar-refractivity contribution in [2.24, 2.45) is 5.92 Å². The topological polar surface area (TPSA) is 62.1 Å². The van der Waals surface area contributed by atoms with Crippen molar-refractivity contribution in [2.45, 2.75) is 45.3 Å². The zero-order valence-corrected chi connectivity index (χ0v) is 11.9. The minimum Gasteiger partial charge on any atom is -0.481 e. The molecule has 1 aliphatic rings. The van der Waals surface area contributed by atoms with E-state index in [0.29, 0.717) is 17.2 Å². The van der Waals surface area contributed by atoms with Gasteiger partial charge in [-0.1, -0.05) is 6.92 Å². The molecule has 4 heteroatoms. The van der Waals surface area contributed by atoms with Gasteiger partial charge < -0.3 is 10.1 Å². The number of amides is 1. The van der Waals surface area contributed by atoms with Crippen LogP contribution in [0.4, 0.5) is 0 Å². The van der Waals surface area contributed by atoms with Gasteiger partial charge in [0.1, 0.15) is 5.75 Å². The molecule has 1 fully saturated rings. The fourth-order valence-electron chi connectivity index (χ4n) is 2.52. The second-order valence-electron chi connectivity index (χ2n) is 5.52. The van der Waals surface area contributed by atoms with Crippen LogP contribution in [0.3, 0.4) is 0 Å². The predicted molar refractivity (Wildman–Crippen MR) is 76.2 cm³/mol. The smallest absolute Gasteiger partial charge is 0.260 e. The molecule has 3 unspecified atom stereocenters. The van der Waals surface area contributed by atoms with E-state index in [1.807, 2.05) is 6.07 Å². The van der Waals surface area contributed by atoms with Gasteiger partial charge in [0.05, 0.1) is 11.6 Å². The SMILES string of the molecule is CC1CCC(NC(=O)C(C)Oc2ccc(C#N)cc2)C1. The molecule has 106 valence electrons. The van der Waals surface area contributed by atoms with Gasteiger partial charge in [-0.3, -0.25) is 4.79 Å². The average Bonchev–Trinajstić information content (AvgIpc) is 2.85. The number of carbonyl (C=O) groups is 1. The number of benzene rings is 1. The van der Waals surface area contributed by atoms with E-state index < -0.39 is 6.10 Å². The van der Waals surface area contributed by atoms with Crippen molar-refractivity contribution in [3.63, 3.8) is 0 Å². The van der Waals surface area contributed by atoms with Gasteiger partial charge in [-0.25, -0.2) is 0 Å². The van der Waals surface area contributed by atoms with E-state index in [1.165, 1.54) is 6.42 Å². The van der Waals surface area contributed by atoms with Gasteiger partial charge >= 0.3 is 0 Å². The second-order valence-corrected chi connectivity index (χ2v) is 5.52. The molecular weight excluding hydrogens is 252 g/mol. The third-order valence-corrected chi connectivity index (χ3v) is 3.71. The van der Waals surface area contributed by atoms with Crippen molar-refractivity contribution in [1.82, 2.24) is 5.32 Å². The van der Waals surface area contributed by atoms with Crippen LogP contribution in [0, 0.1) is 17.2 Å². The molecule has 1 aromatic rings. The highest BCUT2D eigenvalue weighted by molar-refractivity contribution is 5.81. The molecule has 20 heavy (non-hydrogen) atoms. The van der Waals surface area contributed by atoms with Crippen molar-refractivity contribution < 1.29 is 9.53 Å². The summed E-state index contributed by atoms with van der Waals surface area (Å²) in [6, 6.07) is 9.10. The Morgan fingerprint density at radius 3 is 2.65 bits per heavy atom. The molecule has 0 saturated heterocycles. The number of nitrogens with one attached hydrogen (secondary N) is 1. The minimum atomic E-state index is -0.529. The first kappa shape index (κ1) is 14.4. The summed E-state index contributed by atoms with van der Waals surface area (Å²) < 4.78 is 5.59. The van der Waals surface area contributed by atoms with E-state index in [2.05, 4.69) is 12.2 Å². The number of ether oxygens (including phenoxy) is 1. The summed E-state index contributed by atoms with van der Waals surface area (Å²) in [5.74, 6) is 1.22. The number of hydrogen-bond donors (Lipinski definition) is 1. The highest BCUT2D eigenvalue weighted by atomic mass is 16.5. The molecule has 1 aliphatic carbocycles. The Morgan fingerprint density at radius 2 is 2.10 bits per heavy atom. The Kier molecular flexibility index (Phi) is 4.62. The van der Waals surface area contributed by atoms with Crippen molar-refractivity contribution >= 4 is 5.91 Å². The summed E-state index contributed by atoms with van der Waals surface area (Å²) in [7, 11) is 0. The molecule has 0 radical (unpaired) electrons. The van der Waals surface area contributed by atoms with Crippen LogP contribution in [0.15, 0.2) is 24.3 Å². The van der Waals surface area contributed by atoms with E-state index in [1.54, 1.807) is 31.2 Å². The first-order chi connectivity index (χ1) is 9.58. The van der Waals surface area contributed by atoms with Crippen LogP contribution < -0.4 is 10.1 Å². The fourth-order valence-corrected chi connectivity index (χ4v) is 2.52. The lowest BCUT2D eigenvalue weighted by Gasteiger charge is -2.18. The highest BCUT2D eigenvalue weighted by Gasteiger charge is 2.25. The van der Waals surface area contributed by atoms with Crippen LogP contribution in [-0.4, -0.2) is 18.1 Å². The summed E-state index contributed by atoms with van der Waals surface area (Å²) >= 11 is 0. The van der Waals surface area contributed by atoms with E-state index in [-0.39, 0.29) is 11.9 Å². The Balaban J connectivity index is 1.85. The van der Waals surface area contributed by atoms with Gasteiger partial charge in [0.2, 0.25) is 0 Å². The van der Waals surface area contributed by atoms with Crippen molar-refractivity contribution in [3.8, 4) is 11.8 Å². The normalized spacial score (nSPS) is 22.9. The summed E-state index contributed by atoms with van der Waals surface area (Å²) in [4.78, 5) is 12.0. The molecule has 1 N–H and O–H groups in total. The third-order valence-electron chi connectivity index (χ3n) is 3.71. The Morgan fingerprint density at radius 1 is 1.40 bits per heavy atom. The van der Waals surface area contributed by atoms with Crippen LogP contribution in [0.5, 0.6) is 5.75 Å². The van der Waals surface area contributed by atoms with Crippen LogP contribution in [0.1, 0.15) is 38.7 Å². The molecular formula is C16H20N2O2. The van der Waals surface area contributed by atoms with Gasteiger partial charge in [0.25, 0.3) is 5.91 Å². The molecule has 1 aromatic carbocycles. The molecule has 3 atom stereocenters. The lowest BCUT2D eigenvalue weighted by Crippen LogP contribution is -2.41. The highest BCUT2D eigenvalue weighted by Crippen LogP contribution is 2.24. The molecule has 1 saturated carbocycles. The Hall–Kier alpha value is -2.02. The summed E-state index contributed by atoms with van der Waals surface area (Å²) in [5.41, 5.74) is 0.578. The summed E-state index contributed by atoms with van der Waals surface area (Å²) in [6.45, 7) is 3.95. The molecule has 0 aromatic heterocycles. The second kappa shape index (κ2) is 6.42. The number of nitriles is 1. The predicted octanol–water partition coefficient (Wildman–Crippen LogP) is 2.63. The maximum absolute atomic E-state index is 12.0. The molecule has 0 spiro atoms. The van der Waals surface area contributed by atoms with Crippen molar-refractivity contribution in [2.75, 3.05) is 0 Å². The van der Waals surface area contributed by atoms with Gasteiger partial charge in [0.15, 0.2) is 6.10 Å². The zero-order chi connectivity index (χ0) is 14.5. The molecule has 0 heterocycles. The van der Waals surface area contributed by atoms with Gasteiger partial charge in [-0.15, -0.1) is 0 Å². The average molecular weight is 272 g/mol. The van der Waals surface area contributed by atoms with E-state index in [9.17, 15) is 4.79 Å². The molecule has 4 nitrogen and oxygen atoms in total. The van der Waals surface area contributed by atoms with Crippen molar-refractivity contribution in [1.29, 1.82) is 5.26 Å². The maximum Gasteiger partial charge on any atom is 0.260 e. The largest absolute Gasteiger partial charge is 0.481 e. The van der Waals surface area contributed by atoms with Gasteiger partial charge in [-0.2, -0.15) is 5.26 Å². The van der Waals surface area contributed by atoms with Gasteiger partial charge in [0, 0.05) is 6.04 Å². The number of carbonyl (C=O) groups excluding carboxylic acids is 1. The molecule has 2 rings (SSSR count). The standard InChI is InChI=1S/C16H20N2O2/c1-11-3-6-14(9-11)18-16(19)12(2)20-15-7-4-13(10-17)5-8-15/h4-5,7-8,11-12,14H,3,6,9H2,1-2H3,(H,18,19). The Bertz CT molecular complexity index is 504. The minimum absolute atomic E-state index is 0.0755. The monoisotopic (exact) mass is 272 g/mol. The molecule has 0 aliphatic heterocycles. The molecule has 0 bridgehead atoms. The van der Waals surface area contributed by atoms with Crippen molar-refractivity contribution in [3.05, 3.63) is 29.8 Å². The number of hydrogen-bond acceptors (Lipinski definition) is 3. The third kappa shape index (κ3) is 3.74. The quantitative estimate of drug-likeness (QED) is 0.916. The van der Waals surface area contributed by atoms with E-state index in [0.717, 1.165) is 12.8 Å². The maximum atomic E-state index is 12.0. The summed E-state index contributed by atoms with van der Waals surface area (Å²) in [5, 5.41) is 11.8. The fraction of sp³-hybridized carbons (Fsp3) is 0.500. The van der Waals surface area contributed by atoms with Crippen LogP contribution in [0.2, 0.25) is 0 Å². The number of nitrogens with zero attached hydrogens (tertiary/aromatic N) is 1. The summed E-state index contributed by atoms with van der Waals surface area (Å²) in [6.07, 6.45) is 2.75. The van der Waals surface area contributed by atoms with Crippen LogP contribution in [0.25, 0.3) is 0 Å². The van der Waals surface area contributed by atoms with Crippen LogP contribution >= 0.6 is 0 Å². The van der Waals surface area contributed by atoms with Crippen LogP contribution in [-0.2, 0) is 4.79 Å². The zero-order valence-electron chi connectivity index (χ0n) is 11.9. The lowest BCUT2D eigenvalue weighted by atomic mass is 10.1. The first-order valence-electron chi connectivity index (χ1n) is 7.05. The molecule has 1 amide bonds.